The Hall–Kier alpha value is -3.00. The molecule has 2 heterocycles. The van der Waals surface area contributed by atoms with Gasteiger partial charge in [0.1, 0.15) is 17.3 Å². The summed E-state index contributed by atoms with van der Waals surface area (Å²) in [6.45, 7) is 9.30. The van der Waals surface area contributed by atoms with Crippen molar-refractivity contribution in [2.24, 2.45) is 0 Å². The molecule has 0 spiro atoms. The summed E-state index contributed by atoms with van der Waals surface area (Å²) >= 11 is 1.05. The van der Waals surface area contributed by atoms with Gasteiger partial charge in [-0.25, -0.2) is 4.98 Å². The number of rotatable bonds is 8. The second-order valence-corrected chi connectivity index (χ2v) is 7.40. The average molecular weight is 413 g/mol. The lowest BCUT2D eigenvalue weighted by Gasteiger charge is -2.21. The van der Waals surface area contributed by atoms with Gasteiger partial charge in [-0.3, -0.25) is 14.9 Å². The summed E-state index contributed by atoms with van der Waals surface area (Å²) in [7, 11) is 0. The van der Waals surface area contributed by atoms with E-state index in [0.717, 1.165) is 35.9 Å². The van der Waals surface area contributed by atoms with Crippen LogP contribution in [0.4, 0.5) is 10.8 Å². The van der Waals surface area contributed by atoms with Crippen LogP contribution in [-0.2, 0) is 11.2 Å². The Balaban J connectivity index is 1.79. The normalized spacial score (nSPS) is 10.8. The number of furan rings is 1. The summed E-state index contributed by atoms with van der Waals surface area (Å²) in [6, 6.07) is 9.81. The molecule has 8 heteroatoms. The van der Waals surface area contributed by atoms with Gasteiger partial charge in [-0.2, -0.15) is 4.37 Å². The number of aromatic nitrogens is 2. The highest BCUT2D eigenvalue weighted by Crippen LogP contribution is 2.29. The maximum atomic E-state index is 12.7. The number of ketones is 1. The molecule has 1 amide bonds. The third-order valence-corrected chi connectivity index (χ3v) is 5.19. The predicted molar refractivity (Wildman–Crippen MR) is 115 cm³/mol. The molecule has 1 aromatic carbocycles. The second-order valence-electron chi connectivity index (χ2n) is 6.65. The van der Waals surface area contributed by atoms with Gasteiger partial charge >= 0.3 is 0 Å². The van der Waals surface area contributed by atoms with Crippen LogP contribution in [0, 0.1) is 6.92 Å². The maximum absolute atomic E-state index is 12.7. The minimum Gasteiger partial charge on any atom is -0.461 e. The number of Topliss-reactive ketones (excluding diaryl/α,β-unsaturated/α-hetero) is 1. The molecule has 0 saturated heterocycles. The molecule has 3 aromatic rings. The Labute approximate surface area is 173 Å². The molecular formula is C21H24N4O3S. The Morgan fingerprint density at radius 2 is 1.97 bits per heavy atom. The number of hydrogen-bond donors (Lipinski definition) is 1. The van der Waals surface area contributed by atoms with Crippen LogP contribution in [0.1, 0.15) is 42.7 Å². The first-order chi connectivity index (χ1) is 13.9. The number of carbonyl (C=O) groups is 2. The largest absolute Gasteiger partial charge is 0.461 e. The monoisotopic (exact) mass is 412 g/mol. The lowest BCUT2D eigenvalue weighted by atomic mass is 10.1. The van der Waals surface area contributed by atoms with Gasteiger partial charge in [-0.05, 0) is 45.9 Å². The maximum Gasteiger partial charge on any atom is 0.261 e. The molecule has 0 radical (unpaired) electrons. The van der Waals surface area contributed by atoms with Gasteiger partial charge < -0.3 is 9.32 Å². The quantitative estimate of drug-likeness (QED) is 0.592. The SMILES string of the molecule is CCN(CC)c1cccc(-c2cc(C(=O)Nc3nc(CC(C)=O)ns3)c(C)o2)c1. The Morgan fingerprint density at radius 3 is 2.66 bits per heavy atom. The molecule has 0 fully saturated rings. The van der Waals surface area contributed by atoms with Crippen LogP contribution < -0.4 is 10.2 Å². The van der Waals surface area contributed by atoms with Crippen LogP contribution in [0.15, 0.2) is 34.7 Å². The van der Waals surface area contributed by atoms with E-state index in [-0.39, 0.29) is 18.1 Å². The van der Waals surface area contributed by atoms with Gasteiger partial charge in [0.25, 0.3) is 5.91 Å². The molecule has 0 saturated carbocycles. The smallest absolute Gasteiger partial charge is 0.261 e. The summed E-state index contributed by atoms with van der Waals surface area (Å²) in [5.74, 6) is 1.23. The van der Waals surface area contributed by atoms with Crippen molar-refractivity contribution < 1.29 is 14.0 Å². The number of anilines is 2. The van der Waals surface area contributed by atoms with E-state index in [9.17, 15) is 9.59 Å². The fourth-order valence-electron chi connectivity index (χ4n) is 3.06. The Bertz CT molecular complexity index is 1020. The van der Waals surface area contributed by atoms with Crippen molar-refractivity contribution in [2.45, 2.75) is 34.1 Å². The second kappa shape index (κ2) is 9.00. The van der Waals surface area contributed by atoms with Crippen LogP contribution in [0.3, 0.4) is 0 Å². The highest BCUT2D eigenvalue weighted by atomic mass is 32.1. The van der Waals surface area contributed by atoms with Gasteiger partial charge in [-0.1, -0.05) is 12.1 Å². The van der Waals surface area contributed by atoms with Crippen molar-refractivity contribution in [3.8, 4) is 11.3 Å². The molecule has 0 aliphatic carbocycles. The summed E-state index contributed by atoms with van der Waals surface area (Å²) in [5.41, 5.74) is 2.46. The first-order valence-corrected chi connectivity index (χ1v) is 10.3. The number of amides is 1. The van der Waals surface area contributed by atoms with E-state index in [2.05, 4.69) is 45.6 Å². The Kier molecular flexibility index (Phi) is 6.43. The molecule has 7 nitrogen and oxygen atoms in total. The van der Waals surface area contributed by atoms with E-state index in [0.29, 0.717) is 28.0 Å². The lowest BCUT2D eigenvalue weighted by molar-refractivity contribution is -0.116. The number of nitrogens with zero attached hydrogens (tertiary/aromatic N) is 3. The predicted octanol–water partition coefficient (Wildman–Crippen LogP) is 4.34. The number of carbonyl (C=O) groups excluding carboxylic acids is 2. The molecule has 0 unspecified atom stereocenters. The average Bonchev–Trinajstić information content (AvgIpc) is 3.29. The van der Waals surface area contributed by atoms with Gasteiger partial charge in [0, 0.05) is 35.9 Å². The van der Waals surface area contributed by atoms with E-state index in [1.807, 2.05) is 12.1 Å². The number of aryl methyl sites for hydroxylation is 1. The van der Waals surface area contributed by atoms with Crippen molar-refractivity contribution in [1.29, 1.82) is 0 Å². The zero-order valence-electron chi connectivity index (χ0n) is 17.0. The van der Waals surface area contributed by atoms with E-state index < -0.39 is 0 Å². The van der Waals surface area contributed by atoms with Crippen molar-refractivity contribution >= 4 is 34.0 Å². The van der Waals surface area contributed by atoms with Gasteiger partial charge in [0.15, 0.2) is 5.82 Å². The zero-order valence-corrected chi connectivity index (χ0v) is 17.8. The Morgan fingerprint density at radius 1 is 1.21 bits per heavy atom. The summed E-state index contributed by atoms with van der Waals surface area (Å²) in [4.78, 5) is 30.3. The minimum absolute atomic E-state index is 0.0251. The molecule has 0 atom stereocenters. The highest BCUT2D eigenvalue weighted by molar-refractivity contribution is 7.09. The van der Waals surface area contributed by atoms with Crippen LogP contribution >= 0.6 is 11.5 Å². The fourth-order valence-corrected chi connectivity index (χ4v) is 3.64. The van der Waals surface area contributed by atoms with Crippen LogP contribution in [0.25, 0.3) is 11.3 Å². The fraction of sp³-hybridized carbons (Fsp3) is 0.333. The molecular weight excluding hydrogens is 388 g/mol. The van der Waals surface area contributed by atoms with Crippen molar-refractivity contribution in [1.82, 2.24) is 9.36 Å². The summed E-state index contributed by atoms with van der Waals surface area (Å²) in [5, 5.41) is 3.09. The van der Waals surface area contributed by atoms with E-state index in [4.69, 9.17) is 4.42 Å². The highest BCUT2D eigenvalue weighted by Gasteiger charge is 2.18. The number of benzene rings is 1. The van der Waals surface area contributed by atoms with Gasteiger partial charge in [-0.15, -0.1) is 0 Å². The minimum atomic E-state index is -0.317. The van der Waals surface area contributed by atoms with Crippen molar-refractivity contribution in [2.75, 3.05) is 23.3 Å². The molecule has 0 aliphatic heterocycles. The number of nitrogens with one attached hydrogen (secondary N) is 1. The molecule has 29 heavy (non-hydrogen) atoms. The van der Waals surface area contributed by atoms with Crippen LogP contribution in [0.5, 0.6) is 0 Å². The van der Waals surface area contributed by atoms with Crippen LogP contribution in [0.2, 0.25) is 0 Å². The summed E-state index contributed by atoms with van der Waals surface area (Å²) in [6.07, 6.45) is 0.157. The molecule has 1 N–H and O–H groups in total. The van der Waals surface area contributed by atoms with Crippen molar-refractivity contribution in [3.05, 3.63) is 47.5 Å². The summed E-state index contributed by atoms with van der Waals surface area (Å²) < 4.78 is 9.95. The topological polar surface area (TPSA) is 88.3 Å². The van der Waals surface area contributed by atoms with Gasteiger partial charge in [0.05, 0.1) is 12.0 Å². The first kappa shape index (κ1) is 20.7. The van der Waals surface area contributed by atoms with Crippen molar-refractivity contribution in [3.63, 3.8) is 0 Å². The molecule has 152 valence electrons. The van der Waals surface area contributed by atoms with Crippen LogP contribution in [-0.4, -0.2) is 34.1 Å². The van der Waals surface area contributed by atoms with E-state index in [1.54, 1.807) is 13.0 Å². The van der Waals surface area contributed by atoms with E-state index >= 15 is 0 Å². The molecule has 0 bridgehead atoms. The molecule has 3 rings (SSSR count). The first-order valence-electron chi connectivity index (χ1n) is 9.50. The zero-order chi connectivity index (χ0) is 21.0. The lowest BCUT2D eigenvalue weighted by Crippen LogP contribution is -2.21. The molecule has 2 aromatic heterocycles. The number of hydrogen-bond acceptors (Lipinski definition) is 7. The van der Waals surface area contributed by atoms with E-state index in [1.165, 1.54) is 6.92 Å². The third kappa shape index (κ3) is 4.89. The standard InChI is InChI=1S/C21H24N4O3S/c1-5-25(6-2)16-9-7-8-15(11-16)18-12-17(14(4)28-18)20(27)23-21-22-19(24-29-21)10-13(3)26/h7-9,11-12H,5-6,10H2,1-4H3,(H,22,23,24,27). The molecule has 0 aliphatic rings. The third-order valence-electron chi connectivity index (χ3n) is 4.52. The van der Waals surface area contributed by atoms with Gasteiger partial charge in [0.2, 0.25) is 5.13 Å².